The van der Waals surface area contributed by atoms with Gasteiger partial charge in [-0.2, -0.15) is 0 Å². The van der Waals surface area contributed by atoms with Crippen molar-refractivity contribution in [3.8, 4) is 0 Å². The van der Waals surface area contributed by atoms with Gasteiger partial charge in [-0.25, -0.2) is 14.2 Å². The maximum Gasteiger partial charge on any atom is 0.128 e. The monoisotopic (exact) mass is 206 g/mol. The Morgan fingerprint density at radius 1 is 1.33 bits per heavy atom. The second kappa shape index (κ2) is 4.18. The molecule has 4 nitrogen and oxygen atoms in total. The fourth-order valence-corrected chi connectivity index (χ4v) is 1.28. The van der Waals surface area contributed by atoms with Crippen molar-refractivity contribution in [1.29, 1.82) is 0 Å². The standard InChI is InChI=1S/C10H9FN3O/c11-10-4-2-1-3-8(10)5-14-6-9(7-15)12-13-14/h1-4,6H,5,7H2. The molecule has 0 saturated carbocycles. The lowest BCUT2D eigenvalue weighted by Gasteiger charge is -2.01. The summed E-state index contributed by atoms with van der Waals surface area (Å²) in [6, 6.07) is 6.45. The van der Waals surface area contributed by atoms with Crippen molar-refractivity contribution in [2.75, 3.05) is 0 Å². The molecule has 2 rings (SSSR count). The highest BCUT2D eigenvalue weighted by atomic mass is 19.1. The first kappa shape index (κ1) is 9.79. The lowest BCUT2D eigenvalue weighted by atomic mass is 10.2. The highest BCUT2D eigenvalue weighted by molar-refractivity contribution is 5.17. The minimum absolute atomic E-state index is 0.281. The molecule has 0 unspecified atom stereocenters. The molecule has 1 heterocycles. The third-order valence-corrected chi connectivity index (χ3v) is 2.02. The SMILES string of the molecule is [O]Cc1cn(Cc2ccccc2F)nn1. The summed E-state index contributed by atoms with van der Waals surface area (Å²) in [5.74, 6) is -0.281. The van der Waals surface area contributed by atoms with Crippen molar-refractivity contribution in [3.63, 3.8) is 0 Å². The van der Waals surface area contributed by atoms with Gasteiger partial charge in [-0.3, -0.25) is 0 Å². The minimum Gasteiger partial charge on any atom is -0.248 e. The summed E-state index contributed by atoms with van der Waals surface area (Å²) in [4.78, 5) is 0. The van der Waals surface area contributed by atoms with E-state index in [1.807, 2.05) is 0 Å². The van der Waals surface area contributed by atoms with Crippen molar-refractivity contribution in [2.24, 2.45) is 0 Å². The summed E-state index contributed by atoms with van der Waals surface area (Å²) in [7, 11) is 0. The number of nitrogens with zero attached hydrogens (tertiary/aromatic N) is 3. The maximum atomic E-state index is 13.2. The van der Waals surface area contributed by atoms with Crippen LogP contribution in [0.1, 0.15) is 11.3 Å². The molecule has 0 atom stereocenters. The Bertz CT molecular complexity index is 455. The van der Waals surface area contributed by atoms with Crippen LogP contribution in [0.3, 0.4) is 0 Å². The summed E-state index contributed by atoms with van der Waals surface area (Å²) in [6.07, 6.45) is 1.53. The summed E-state index contributed by atoms with van der Waals surface area (Å²) >= 11 is 0. The van der Waals surface area contributed by atoms with Crippen LogP contribution in [-0.4, -0.2) is 15.0 Å². The van der Waals surface area contributed by atoms with E-state index in [4.69, 9.17) is 0 Å². The topological polar surface area (TPSA) is 50.6 Å². The van der Waals surface area contributed by atoms with Crippen LogP contribution >= 0.6 is 0 Å². The van der Waals surface area contributed by atoms with Crippen LogP contribution in [0.25, 0.3) is 0 Å². The van der Waals surface area contributed by atoms with Gasteiger partial charge < -0.3 is 0 Å². The average molecular weight is 206 g/mol. The normalized spacial score (nSPS) is 10.5. The third-order valence-electron chi connectivity index (χ3n) is 2.02. The highest BCUT2D eigenvalue weighted by Crippen LogP contribution is 2.07. The van der Waals surface area contributed by atoms with Gasteiger partial charge in [0.05, 0.1) is 12.7 Å². The molecule has 0 bridgehead atoms. The fourth-order valence-electron chi connectivity index (χ4n) is 1.28. The Labute approximate surface area is 86.0 Å². The molecule has 0 spiro atoms. The van der Waals surface area contributed by atoms with Crippen LogP contribution in [0.2, 0.25) is 0 Å². The molecule has 0 amide bonds. The third kappa shape index (κ3) is 2.19. The van der Waals surface area contributed by atoms with Crippen LogP contribution in [0.15, 0.2) is 30.5 Å². The molecular formula is C10H9FN3O. The smallest absolute Gasteiger partial charge is 0.128 e. The van der Waals surface area contributed by atoms with E-state index >= 15 is 0 Å². The highest BCUT2D eigenvalue weighted by Gasteiger charge is 2.04. The Kier molecular flexibility index (Phi) is 2.73. The molecule has 5 heteroatoms. The van der Waals surface area contributed by atoms with E-state index in [0.717, 1.165) is 0 Å². The van der Waals surface area contributed by atoms with Crippen LogP contribution in [0.4, 0.5) is 4.39 Å². The van der Waals surface area contributed by atoms with E-state index in [9.17, 15) is 9.50 Å². The van der Waals surface area contributed by atoms with Gasteiger partial charge >= 0.3 is 0 Å². The van der Waals surface area contributed by atoms with Gasteiger partial charge in [-0.05, 0) is 6.07 Å². The molecule has 15 heavy (non-hydrogen) atoms. The molecule has 1 aromatic carbocycles. The van der Waals surface area contributed by atoms with Gasteiger partial charge in [-0.15, -0.1) is 5.10 Å². The number of hydrogen-bond acceptors (Lipinski definition) is 2. The van der Waals surface area contributed by atoms with Crippen molar-refractivity contribution in [3.05, 3.63) is 47.5 Å². The fraction of sp³-hybridized carbons (Fsp3) is 0.200. The summed E-state index contributed by atoms with van der Waals surface area (Å²) < 4.78 is 14.7. The Balaban J connectivity index is 2.18. The Hall–Kier alpha value is -1.75. The van der Waals surface area contributed by atoms with Crippen LogP contribution < -0.4 is 0 Å². The van der Waals surface area contributed by atoms with Crippen molar-refractivity contribution in [1.82, 2.24) is 15.0 Å². The number of aromatic nitrogens is 3. The van der Waals surface area contributed by atoms with Crippen LogP contribution in [0, 0.1) is 5.82 Å². The van der Waals surface area contributed by atoms with Crippen LogP contribution in [0.5, 0.6) is 0 Å². The molecule has 0 aliphatic carbocycles. The lowest BCUT2D eigenvalue weighted by Crippen LogP contribution is -2.02. The number of hydrogen-bond donors (Lipinski definition) is 0. The maximum absolute atomic E-state index is 13.2. The van der Waals surface area contributed by atoms with Crippen molar-refractivity contribution in [2.45, 2.75) is 13.2 Å². The molecular weight excluding hydrogens is 197 g/mol. The van der Waals surface area contributed by atoms with E-state index in [1.165, 1.54) is 16.9 Å². The second-order valence-corrected chi connectivity index (χ2v) is 3.14. The first-order chi connectivity index (χ1) is 7.29. The molecule has 0 fully saturated rings. The largest absolute Gasteiger partial charge is 0.248 e. The van der Waals surface area contributed by atoms with E-state index < -0.39 is 6.61 Å². The molecule has 0 N–H and O–H groups in total. The van der Waals surface area contributed by atoms with Gasteiger partial charge in [0.1, 0.15) is 18.1 Å². The zero-order valence-corrected chi connectivity index (χ0v) is 7.93. The first-order valence-electron chi connectivity index (χ1n) is 4.50. The van der Waals surface area contributed by atoms with Gasteiger partial charge in [0, 0.05) is 5.56 Å². The second-order valence-electron chi connectivity index (χ2n) is 3.14. The van der Waals surface area contributed by atoms with E-state index in [-0.39, 0.29) is 5.82 Å². The lowest BCUT2D eigenvalue weighted by molar-refractivity contribution is 0.174. The number of halogens is 1. The predicted octanol–water partition coefficient (Wildman–Crippen LogP) is 1.40. The number of rotatable bonds is 3. The van der Waals surface area contributed by atoms with Gasteiger partial charge in [-0.1, -0.05) is 23.4 Å². The average Bonchev–Trinajstić information content (AvgIpc) is 2.69. The molecule has 0 aliphatic heterocycles. The van der Waals surface area contributed by atoms with Gasteiger partial charge in [0.2, 0.25) is 0 Å². The molecule has 1 aromatic heterocycles. The minimum atomic E-state index is -0.405. The summed E-state index contributed by atoms with van der Waals surface area (Å²) in [5.41, 5.74) is 0.895. The van der Waals surface area contributed by atoms with E-state index in [1.54, 1.807) is 18.2 Å². The Morgan fingerprint density at radius 2 is 2.13 bits per heavy atom. The number of benzene rings is 1. The molecule has 0 aliphatic rings. The van der Waals surface area contributed by atoms with Crippen LogP contribution in [-0.2, 0) is 18.3 Å². The van der Waals surface area contributed by atoms with Gasteiger partial charge in [0.25, 0.3) is 0 Å². The van der Waals surface area contributed by atoms with Crippen molar-refractivity contribution < 1.29 is 9.50 Å². The zero-order chi connectivity index (χ0) is 10.7. The molecule has 2 aromatic rings. The quantitative estimate of drug-likeness (QED) is 0.762. The zero-order valence-electron chi connectivity index (χ0n) is 7.93. The molecule has 0 saturated heterocycles. The summed E-state index contributed by atoms with van der Waals surface area (Å²) in [6.45, 7) is -0.114. The summed E-state index contributed by atoms with van der Waals surface area (Å²) in [5, 5.41) is 17.8. The first-order valence-corrected chi connectivity index (χ1v) is 4.50. The molecule has 1 radical (unpaired) electrons. The van der Waals surface area contributed by atoms with E-state index in [0.29, 0.717) is 17.8 Å². The van der Waals surface area contributed by atoms with Crippen molar-refractivity contribution >= 4 is 0 Å². The predicted molar refractivity (Wildman–Crippen MR) is 49.9 cm³/mol. The molecule has 77 valence electrons. The Morgan fingerprint density at radius 3 is 2.80 bits per heavy atom. The van der Waals surface area contributed by atoms with Gasteiger partial charge in [0.15, 0.2) is 0 Å². The van der Waals surface area contributed by atoms with E-state index in [2.05, 4.69) is 10.3 Å².